The van der Waals surface area contributed by atoms with E-state index < -0.39 is 0 Å². The number of carboxylic acid groups (broad SMARTS) is 1. The third-order valence-corrected chi connectivity index (χ3v) is 19.8. The molecule has 2 fully saturated rings. The SMILES string of the molecule is CC1(Cn2cc(-c3ccc(C(=O)Nc4cn(CC5(C)COC5)nc4-c4ccccn4)o3)cn2)COC1.COCCOCCN(C(=O)c1ccc(-c2cnn(CCOCCOC)c2)o1)c1cn(CCOCCOC)nc1-c1ccccn1.COCCOCCN(C(=O)c1ccc(-c2cnn(CCOCCOC)c2)o1)c1cn(CCOCCOC)nc1-c1ccccn1.O=CO. The van der Waals surface area contributed by atoms with Gasteiger partial charge in [-0.3, -0.25) is 72.0 Å². The monoisotopic (exact) mass is 1790 g/mol. The summed E-state index contributed by atoms with van der Waals surface area (Å²) >= 11 is 0. The van der Waals surface area contributed by atoms with Gasteiger partial charge < -0.3 is 90.0 Å². The van der Waals surface area contributed by atoms with Gasteiger partial charge in [-0.05, 0) is 72.8 Å². The molecule has 2 aliphatic heterocycles. The van der Waals surface area contributed by atoms with Crippen molar-refractivity contribution < 1.29 is 104 Å². The van der Waals surface area contributed by atoms with Gasteiger partial charge in [-0.2, -0.15) is 30.6 Å². The van der Waals surface area contributed by atoms with Crippen molar-refractivity contribution in [3.63, 3.8) is 0 Å². The van der Waals surface area contributed by atoms with Crippen molar-refractivity contribution >= 4 is 41.3 Å². The van der Waals surface area contributed by atoms with Crippen LogP contribution in [0.4, 0.5) is 17.1 Å². The van der Waals surface area contributed by atoms with Crippen LogP contribution in [0.3, 0.4) is 0 Å². The summed E-state index contributed by atoms with van der Waals surface area (Å²) in [6, 6.07) is 27.0. The Hall–Kier alpha value is -12.1. The van der Waals surface area contributed by atoms with Gasteiger partial charge in [0, 0.05) is 122 Å². The highest BCUT2D eigenvalue weighted by molar-refractivity contribution is 6.07. The zero-order chi connectivity index (χ0) is 90.8. The third kappa shape index (κ3) is 29.4. The first-order chi connectivity index (χ1) is 63.1. The zero-order valence-corrected chi connectivity index (χ0v) is 74.0. The summed E-state index contributed by atoms with van der Waals surface area (Å²) in [5.41, 5.74) is 7.81. The van der Waals surface area contributed by atoms with Crippen LogP contribution in [0.1, 0.15) is 45.5 Å². The topological polar surface area (TPSA) is 421 Å². The second-order valence-electron chi connectivity index (χ2n) is 30.1. The summed E-state index contributed by atoms with van der Waals surface area (Å²) in [7, 11) is 9.75. The Balaban J connectivity index is 0.000000185. The Morgan fingerprint density at radius 3 is 1.10 bits per heavy atom. The molecule has 0 bridgehead atoms. The molecule has 0 radical (unpaired) electrons. The van der Waals surface area contributed by atoms with Gasteiger partial charge in [0.1, 0.15) is 34.4 Å². The van der Waals surface area contributed by atoms with Gasteiger partial charge >= 0.3 is 0 Å². The molecule has 2 aliphatic rings. The summed E-state index contributed by atoms with van der Waals surface area (Å²) in [5.74, 6) is 1.12. The molecule has 0 spiro atoms. The van der Waals surface area contributed by atoms with Crippen LogP contribution >= 0.6 is 0 Å². The van der Waals surface area contributed by atoms with Crippen molar-refractivity contribution in [3.8, 4) is 68.1 Å². The number of rotatable bonds is 52. The normalized spacial score (nSPS) is 13.0. The molecule has 129 heavy (non-hydrogen) atoms. The van der Waals surface area contributed by atoms with E-state index in [1.54, 1.807) is 145 Å². The van der Waals surface area contributed by atoms with Crippen molar-refractivity contribution in [2.75, 3.05) is 216 Å². The van der Waals surface area contributed by atoms with Crippen LogP contribution in [0.25, 0.3) is 68.1 Å². The second kappa shape index (κ2) is 51.8. The van der Waals surface area contributed by atoms with E-state index in [1.165, 1.54) is 0 Å². The van der Waals surface area contributed by atoms with Crippen LogP contribution in [0.2, 0.25) is 0 Å². The lowest BCUT2D eigenvalue weighted by atomic mass is 9.89. The fourth-order valence-corrected chi connectivity index (χ4v) is 13.1. The number of anilines is 3. The Morgan fingerprint density at radius 1 is 0.403 bits per heavy atom. The average Bonchev–Trinajstić information content (AvgIpc) is 1.66. The predicted octanol–water partition coefficient (Wildman–Crippen LogP) is 9.50. The molecular weight excluding hydrogens is 1670 g/mol. The first-order valence-corrected chi connectivity index (χ1v) is 42.0. The molecule has 40 heteroatoms. The molecule has 0 saturated carbocycles. The highest BCUT2D eigenvalue weighted by Crippen LogP contribution is 2.37. The maximum Gasteiger partial charge on any atom is 0.294 e. The van der Waals surface area contributed by atoms with Gasteiger partial charge in [-0.15, -0.1) is 0 Å². The molecule has 0 unspecified atom stereocenters. The molecule has 14 heterocycles. The van der Waals surface area contributed by atoms with Gasteiger partial charge in [0.2, 0.25) is 0 Å². The fourth-order valence-electron chi connectivity index (χ4n) is 13.1. The number of aromatic nitrogens is 15. The molecule has 12 aromatic rings. The predicted molar refractivity (Wildman–Crippen MR) is 470 cm³/mol. The van der Waals surface area contributed by atoms with Crippen molar-refractivity contribution in [1.82, 2.24) is 73.6 Å². The second-order valence-corrected chi connectivity index (χ2v) is 30.1. The van der Waals surface area contributed by atoms with Crippen LogP contribution < -0.4 is 15.1 Å². The van der Waals surface area contributed by atoms with Gasteiger partial charge in [0.15, 0.2) is 17.3 Å². The number of carbonyl (C=O) groups excluding carboxylic acids is 3. The third-order valence-electron chi connectivity index (χ3n) is 19.8. The molecule has 0 aromatic carbocycles. The van der Waals surface area contributed by atoms with Crippen molar-refractivity contribution in [2.45, 2.75) is 53.1 Å². The Labute approximate surface area is 746 Å². The molecule has 2 N–H and O–H groups in total. The quantitative estimate of drug-likeness (QED) is 0.0264. The first kappa shape index (κ1) is 97.5. The van der Waals surface area contributed by atoms with E-state index in [0.29, 0.717) is 220 Å². The number of furan rings is 3. The minimum absolute atomic E-state index is 0.0259. The van der Waals surface area contributed by atoms with E-state index in [4.69, 9.17) is 105 Å². The standard InChI is InChI=1S/2C31H42N6O8.C26H28N6O4.CH2O2/c2*1-39-16-19-42-13-10-35-23-25(22-33-35)28-7-8-29(45-28)31(38)37(12-15-44-21-18-41-3)27-24-36(11-14-43-20-17-40-2)34-30(27)26-6-4-5-9-32-26;1-25(14-34-15-25)12-31-10-18(9-28-31)21-6-7-22(36-21)24(33)29-20-11-32(13-26(2)16-35-17-26)30-23(20)19-5-3-4-8-27-19;2-1-3/h2*4-9,22-24H,10-21H2,1-3H3;3-11H,12-17H2,1-2H3,(H,29,33);1H,(H,2,3). The van der Waals surface area contributed by atoms with Crippen molar-refractivity contribution in [3.05, 3.63) is 183 Å². The minimum atomic E-state index is -0.359. The van der Waals surface area contributed by atoms with Crippen LogP contribution in [0.5, 0.6) is 0 Å². The summed E-state index contributed by atoms with van der Waals surface area (Å²) in [4.78, 5) is 66.3. The molecular formula is C89H114N18O22. The highest BCUT2D eigenvalue weighted by Gasteiger charge is 2.37. The van der Waals surface area contributed by atoms with Crippen molar-refractivity contribution in [1.29, 1.82) is 0 Å². The maximum atomic E-state index is 14.1. The Kier molecular flexibility index (Phi) is 39.1. The lowest BCUT2D eigenvalue weighted by Crippen LogP contribution is -2.43. The largest absolute Gasteiger partial charge is 0.483 e. The molecule has 0 atom stereocenters. The number of ether oxygens (including phenoxy) is 14. The number of nitrogens with zero attached hydrogens (tertiary/aromatic N) is 17. The number of hydrogen-bond donors (Lipinski definition) is 2. The lowest BCUT2D eigenvalue weighted by molar-refractivity contribution is -0.122. The van der Waals surface area contributed by atoms with Gasteiger partial charge in [-0.25, -0.2) is 0 Å². The minimum Gasteiger partial charge on any atom is -0.483 e. The molecule has 3 amide bonds. The van der Waals surface area contributed by atoms with Crippen LogP contribution in [-0.4, -0.2) is 304 Å². The van der Waals surface area contributed by atoms with E-state index in [-0.39, 0.29) is 78.6 Å². The highest BCUT2D eigenvalue weighted by atomic mass is 16.5. The summed E-state index contributed by atoms with van der Waals surface area (Å²) in [5, 5.41) is 37.4. The number of methoxy groups -OCH3 is 6. The van der Waals surface area contributed by atoms with Crippen LogP contribution in [-0.2, 0) is 110 Å². The number of nitrogens with one attached hydrogen (secondary N) is 1. The molecule has 692 valence electrons. The Bertz CT molecular complexity index is 5050. The fraction of sp³-hybridized carbons (Fsp3) is 0.449. The summed E-state index contributed by atoms with van der Waals surface area (Å²) in [6.07, 6.45) is 21.3. The van der Waals surface area contributed by atoms with Crippen LogP contribution in [0, 0.1) is 10.8 Å². The van der Waals surface area contributed by atoms with E-state index in [0.717, 1.165) is 36.4 Å². The van der Waals surface area contributed by atoms with Crippen molar-refractivity contribution in [2.24, 2.45) is 10.8 Å². The maximum absolute atomic E-state index is 14.1. The van der Waals surface area contributed by atoms with Crippen LogP contribution in [0.15, 0.2) is 179 Å². The lowest BCUT2D eigenvalue weighted by Gasteiger charge is -2.37. The zero-order valence-electron chi connectivity index (χ0n) is 74.0. The van der Waals surface area contributed by atoms with Gasteiger partial charge in [-0.1, -0.05) is 32.0 Å². The van der Waals surface area contributed by atoms with E-state index in [2.05, 4.69) is 49.4 Å². The molecule has 12 aromatic heterocycles. The molecule has 40 nitrogen and oxygen atoms in total. The number of pyridine rings is 3. The Morgan fingerprint density at radius 2 is 0.736 bits per heavy atom. The molecule has 14 rings (SSSR count). The van der Waals surface area contributed by atoms with E-state index in [9.17, 15) is 14.4 Å². The van der Waals surface area contributed by atoms with Gasteiger partial charge in [0.05, 0.1) is 254 Å². The van der Waals surface area contributed by atoms with E-state index >= 15 is 0 Å². The first-order valence-electron chi connectivity index (χ1n) is 42.0. The summed E-state index contributed by atoms with van der Waals surface area (Å²) < 4.78 is 104. The summed E-state index contributed by atoms with van der Waals surface area (Å²) in [6.45, 7) is 19.1. The molecule has 0 aliphatic carbocycles. The number of carbonyl (C=O) groups is 4. The number of hydrogen-bond acceptors (Lipinski definition) is 30. The van der Waals surface area contributed by atoms with E-state index in [1.807, 2.05) is 101 Å². The average molecular weight is 1790 g/mol. The number of amides is 3. The van der Waals surface area contributed by atoms with Gasteiger partial charge in [0.25, 0.3) is 24.2 Å². The molecule has 2 saturated heterocycles. The smallest absolute Gasteiger partial charge is 0.294 e.